The predicted octanol–water partition coefficient (Wildman–Crippen LogP) is 12.2. The van der Waals surface area contributed by atoms with Crippen molar-refractivity contribution in [1.29, 1.82) is 0 Å². The van der Waals surface area contributed by atoms with Crippen molar-refractivity contribution < 1.29 is 47.6 Å². The zero-order valence-electron chi connectivity index (χ0n) is 29.6. The Kier molecular flexibility index (Phi) is 13.4. The molecule has 2 heterocycles. The van der Waals surface area contributed by atoms with Gasteiger partial charge >= 0.3 is 6.18 Å². The van der Waals surface area contributed by atoms with Crippen LogP contribution in [0.4, 0.5) is 13.2 Å². The molecule has 1 N–H and O–H groups in total. The Labute approximate surface area is 301 Å². The SMILES string of the molecule is CCC(CC)C(=O)/C=C(\O)C(CC)CC.Cc1[c-]c(-c2nccc3c2oc2c4ccc(CC(C)(C)C(F)(F)F)cc4ccc32)cc(C)c1.[Ir]. The van der Waals surface area contributed by atoms with E-state index in [1.165, 1.54) is 19.9 Å². The van der Waals surface area contributed by atoms with Crippen LogP contribution in [0.1, 0.15) is 83.9 Å². The summed E-state index contributed by atoms with van der Waals surface area (Å²) in [6, 6.07) is 18.8. The quantitative estimate of drug-likeness (QED) is 0.0864. The second-order valence-corrected chi connectivity index (χ2v) is 13.4. The van der Waals surface area contributed by atoms with Crippen LogP contribution in [0.5, 0.6) is 0 Å². The number of aliphatic hydroxyl groups excluding tert-OH is 1. The number of hydrogen-bond acceptors (Lipinski definition) is 4. The van der Waals surface area contributed by atoms with Gasteiger partial charge in [0.1, 0.15) is 11.2 Å². The summed E-state index contributed by atoms with van der Waals surface area (Å²) in [4.78, 5) is 16.3. The predicted molar refractivity (Wildman–Crippen MR) is 190 cm³/mol. The molecule has 1 radical (unpaired) electrons. The third-order valence-corrected chi connectivity index (χ3v) is 9.33. The molecule has 8 heteroatoms. The van der Waals surface area contributed by atoms with Gasteiger partial charge < -0.3 is 14.5 Å². The molecular weight excluding hydrogens is 804 g/mol. The zero-order valence-corrected chi connectivity index (χ0v) is 32.0. The van der Waals surface area contributed by atoms with E-state index in [9.17, 15) is 23.1 Å². The second-order valence-electron chi connectivity index (χ2n) is 13.4. The average Bonchev–Trinajstić information content (AvgIpc) is 3.40. The van der Waals surface area contributed by atoms with Gasteiger partial charge in [0.2, 0.25) is 0 Å². The van der Waals surface area contributed by atoms with Crippen molar-refractivity contribution in [2.45, 2.75) is 93.7 Å². The Morgan fingerprint density at radius 1 is 0.878 bits per heavy atom. The number of aliphatic hydroxyl groups is 1. The number of carbonyl (C=O) groups is 1. The molecule has 3 aromatic carbocycles. The van der Waals surface area contributed by atoms with Crippen molar-refractivity contribution in [3.63, 3.8) is 0 Å². The number of fused-ring (bicyclic) bond motifs is 5. The van der Waals surface area contributed by atoms with Gasteiger partial charge in [0.05, 0.1) is 11.2 Å². The number of alkyl halides is 3. The van der Waals surface area contributed by atoms with E-state index in [1.807, 2.05) is 77.9 Å². The fourth-order valence-electron chi connectivity index (χ4n) is 6.25. The second kappa shape index (κ2) is 16.5. The number of benzene rings is 3. The molecule has 265 valence electrons. The molecule has 0 saturated carbocycles. The molecule has 0 fully saturated rings. The summed E-state index contributed by atoms with van der Waals surface area (Å²) in [5.74, 6) is 0.547. The number of aromatic nitrogens is 1. The van der Waals surface area contributed by atoms with E-state index < -0.39 is 11.6 Å². The van der Waals surface area contributed by atoms with Gasteiger partial charge in [0, 0.05) is 66.1 Å². The molecule has 0 aliphatic rings. The van der Waals surface area contributed by atoms with Gasteiger partial charge in [-0.25, -0.2) is 0 Å². The van der Waals surface area contributed by atoms with E-state index in [4.69, 9.17) is 4.42 Å². The number of rotatable bonds is 10. The number of furan rings is 1. The minimum atomic E-state index is -4.26. The topological polar surface area (TPSA) is 63.3 Å². The van der Waals surface area contributed by atoms with Crippen LogP contribution in [-0.2, 0) is 31.3 Å². The summed E-state index contributed by atoms with van der Waals surface area (Å²) in [6.07, 6.45) is 2.33. The largest absolute Gasteiger partial charge is 0.512 e. The Morgan fingerprint density at radius 2 is 1.49 bits per heavy atom. The summed E-state index contributed by atoms with van der Waals surface area (Å²) in [5.41, 5.74) is 3.99. The number of carbonyl (C=O) groups excluding carboxylic acids is 1. The van der Waals surface area contributed by atoms with Crippen molar-refractivity contribution in [3.8, 4) is 11.3 Å². The molecule has 5 rings (SSSR count). The molecule has 0 atom stereocenters. The van der Waals surface area contributed by atoms with E-state index in [0.717, 1.165) is 69.6 Å². The molecule has 0 saturated heterocycles. The summed E-state index contributed by atoms with van der Waals surface area (Å²) >= 11 is 0. The van der Waals surface area contributed by atoms with Crippen molar-refractivity contribution in [3.05, 3.63) is 89.3 Å². The first-order chi connectivity index (χ1) is 22.6. The van der Waals surface area contributed by atoms with Gasteiger partial charge in [-0.1, -0.05) is 79.7 Å². The molecule has 4 nitrogen and oxygen atoms in total. The number of hydrogen-bond donors (Lipinski definition) is 1. The van der Waals surface area contributed by atoms with Crippen LogP contribution in [0.2, 0.25) is 0 Å². The van der Waals surface area contributed by atoms with E-state index in [0.29, 0.717) is 16.7 Å². The molecule has 0 bridgehead atoms. The van der Waals surface area contributed by atoms with Gasteiger partial charge in [0.15, 0.2) is 5.78 Å². The molecule has 0 aliphatic heterocycles. The van der Waals surface area contributed by atoms with Crippen LogP contribution in [0.15, 0.2) is 71.0 Å². The first-order valence-corrected chi connectivity index (χ1v) is 16.9. The van der Waals surface area contributed by atoms with Gasteiger partial charge in [-0.3, -0.25) is 4.79 Å². The van der Waals surface area contributed by atoms with Crippen LogP contribution in [-0.4, -0.2) is 22.1 Å². The molecular formula is C41H47F3IrNO3-. The van der Waals surface area contributed by atoms with Gasteiger partial charge in [-0.15, -0.1) is 34.9 Å². The molecule has 49 heavy (non-hydrogen) atoms. The van der Waals surface area contributed by atoms with Crippen molar-refractivity contribution in [2.75, 3.05) is 0 Å². The number of nitrogens with zero attached hydrogens (tertiary/aromatic N) is 1. The van der Waals surface area contributed by atoms with Crippen molar-refractivity contribution in [2.24, 2.45) is 17.3 Å². The maximum Gasteiger partial charge on any atom is 0.394 e. The van der Waals surface area contributed by atoms with Crippen LogP contribution >= 0.6 is 0 Å². The Balaban J connectivity index is 0.000000347. The van der Waals surface area contributed by atoms with Gasteiger partial charge in [-0.05, 0) is 55.2 Å². The van der Waals surface area contributed by atoms with Crippen molar-refractivity contribution in [1.82, 2.24) is 4.98 Å². The first kappa shape index (κ1) is 40.0. The summed E-state index contributed by atoms with van der Waals surface area (Å²) in [7, 11) is 0. The fourth-order valence-corrected chi connectivity index (χ4v) is 6.25. The minimum Gasteiger partial charge on any atom is -0.512 e. The summed E-state index contributed by atoms with van der Waals surface area (Å²) in [5, 5.41) is 13.4. The Morgan fingerprint density at radius 3 is 2.08 bits per heavy atom. The van der Waals surface area contributed by atoms with Crippen LogP contribution in [0.3, 0.4) is 0 Å². The van der Waals surface area contributed by atoms with Crippen LogP contribution < -0.4 is 0 Å². The number of pyridine rings is 1. The van der Waals surface area contributed by atoms with E-state index in [2.05, 4.69) is 17.1 Å². The van der Waals surface area contributed by atoms with Crippen LogP contribution in [0, 0.1) is 37.2 Å². The number of halogens is 3. The summed E-state index contributed by atoms with van der Waals surface area (Å²) < 4.78 is 46.5. The van der Waals surface area contributed by atoms with Gasteiger partial charge in [-0.2, -0.15) is 13.2 Å². The molecule has 0 unspecified atom stereocenters. The Hall–Kier alpha value is -3.48. The number of allylic oxidation sites excluding steroid dienone is 2. The molecule has 0 aliphatic carbocycles. The smallest absolute Gasteiger partial charge is 0.394 e. The monoisotopic (exact) mass is 851 g/mol. The maximum atomic E-state index is 13.4. The molecule has 0 amide bonds. The van der Waals surface area contributed by atoms with E-state index in [-0.39, 0.29) is 49.9 Å². The number of aryl methyl sites for hydroxylation is 2. The number of ketones is 1. The molecule has 0 spiro atoms. The van der Waals surface area contributed by atoms with Gasteiger partial charge in [0.25, 0.3) is 0 Å². The molecule has 5 aromatic rings. The minimum absolute atomic E-state index is 0. The fraction of sp³-hybridized carbons (Fsp3) is 0.415. The van der Waals surface area contributed by atoms with E-state index in [1.54, 1.807) is 12.3 Å². The molecule has 2 aromatic heterocycles. The third-order valence-electron chi connectivity index (χ3n) is 9.33. The van der Waals surface area contributed by atoms with Crippen LogP contribution in [0.25, 0.3) is 44.0 Å². The maximum absolute atomic E-state index is 13.4. The summed E-state index contributed by atoms with van der Waals surface area (Å²) in [6.45, 7) is 14.6. The van der Waals surface area contributed by atoms with E-state index >= 15 is 0 Å². The zero-order chi connectivity index (χ0) is 35.4. The third kappa shape index (κ3) is 9.01. The normalized spacial score (nSPS) is 12.5. The Bertz CT molecular complexity index is 1910. The average molecular weight is 851 g/mol. The first-order valence-electron chi connectivity index (χ1n) is 16.9. The standard InChI is InChI=1S/C28H23F3NO.C13H24O2.Ir/c1-16-11-17(2)13-20(12-16)24-26-23(9-10-32-24)22-8-6-19-14-18(5-7-21(19)25(22)33-26)15-27(3,4)28(29,30)31;1-5-10(6-2)12(14)9-13(15)11(7-3)8-4;/h5-12,14H,15H2,1-4H3;9-11,14H,5-8H2,1-4H3;/q-1;;/b;12-9-;. The van der Waals surface area contributed by atoms with Crippen molar-refractivity contribution >= 4 is 38.5 Å².